The van der Waals surface area contributed by atoms with E-state index < -0.39 is 0 Å². The Morgan fingerprint density at radius 3 is 1.38 bits per heavy atom. The van der Waals surface area contributed by atoms with Gasteiger partial charge in [-0.1, -0.05) is 97.8 Å². The minimum absolute atomic E-state index is 1.20. The Morgan fingerprint density at radius 2 is 0.962 bits per heavy atom. The molecule has 0 bridgehead atoms. The van der Waals surface area contributed by atoms with Crippen molar-refractivity contribution in [3.63, 3.8) is 0 Å². The Labute approximate surface area is 164 Å². The summed E-state index contributed by atoms with van der Waals surface area (Å²) in [4.78, 5) is 0. The number of aromatic nitrogens is 1. The van der Waals surface area contributed by atoms with Crippen LogP contribution < -0.4 is 4.57 Å². The third kappa shape index (κ3) is 11.7. The van der Waals surface area contributed by atoms with Crippen LogP contribution in [0.1, 0.15) is 122 Å². The lowest BCUT2D eigenvalue weighted by Crippen LogP contribution is -2.34. The van der Waals surface area contributed by atoms with E-state index in [4.69, 9.17) is 0 Å². The molecular weight excluding hydrogens is 314 g/mol. The molecule has 0 atom stereocenters. The molecule has 0 fully saturated rings. The van der Waals surface area contributed by atoms with Gasteiger partial charge in [-0.3, -0.25) is 0 Å². The number of nitrogens with zero attached hydrogens (tertiary/aromatic N) is 1. The van der Waals surface area contributed by atoms with E-state index in [1.807, 2.05) is 0 Å². The Morgan fingerprint density at radius 1 is 0.538 bits per heavy atom. The molecule has 1 aromatic heterocycles. The maximum Gasteiger partial charge on any atom is 0.171 e. The zero-order valence-corrected chi connectivity index (χ0v) is 18.2. The maximum atomic E-state index is 2.46. The number of rotatable bonds is 17. The smallest absolute Gasteiger partial charge is 0.171 e. The minimum Gasteiger partial charge on any atom is -0.205 e. The van der Waals surface area contributed by atoms with Crippen LogP contribution in [0.15, 0.2) is 18.5 Å². The number of pyridine rings is 1. The summed E-state index contributed by atoms with van der Waals surface area (Å²) in [6.07, 6.45) is 26.8. The molecule has 150 valence electrons. The highest BCUT2D eigenvalue weighted by atomic mass is 14.9. The number of hydrogen-bond acceptors (Lipinski definition) is 0. The van der Waals surface area contributed by atoms with Gasteiger partial charge in [0.1, 0.15) is 6.54 Å². The molecule has 1 heteroatoms. The summed E-state index contributed by atoms with van der Waals surface area (Å²) in [5, 5.41) is 0. The predicted octanol–water partition coefficient (Wildman–Crippen LogP) is 7.58. The van der Waals surface area contributed by atoms with E-state index in [2.05, 4.69) is 43.8 Å². The zero-order valence-electron chi connectivity index (χ0n) is 18.2. The van der Waals surface area contributed by atoms with E-state index in [1.54, 1.807) is 0 Å². The van der Waals surface area contributed by atoms with Crippen molar-refractivity contribution in [2.24, 2.45) is 0 Å². The molecule has 0 saturated carbocycles. The summed E-state index contributed by atoms with van der Waals surface area (Å²) < 4.78 is 2.46. The standard InChI is InChI=1S/C25H46N/c1-4-7-8-9-10-11-12-13-14-15-16-17-20-26-22-24(18-5-2)21-25(23-26)19-6-3/h21-23H,4-20H2,1-3H3/q+1. The summed E-state index contributed by atoms with van der Waals surface area (Å²) in [6.45, 7) is 8.06. The average molecular weight is 361 g/mol. The second kappa shape index (κ2) is 16.3. The highest BCUT2D eigenvalue weighted by Gasteiger charge is 2.07. The van der Waals surface area contributed by atoms with Crippen LogP contribution in [0.3, 0.4) is 0 Å². The molecule has 1 rings (SSSR count). The summed E-state index contributed by atoms with van der Waals surface area (Å²) >= 11 is 0. The van der Waals surface area contributed by atoms with Gasteiger partial charge in [0.2, 0.25) is 0 Å². The molecule has 0 aliphatic rings. The molecule has 1 nitrogen and oxygen atoms in total. The van der Waals surface area contributed by atoms with Crippen LogP contribution in [0, 0.1) is 0 Å². The first-order valence-electron chi connectivity index (χ1n) is 11.8. The van der Waals surface area contributed by atoms with E-state index in [1.165, 1.54) is 120 Å². The fraction of sp³-hybridized carbons (Fsp3) is 0.800. The predicted molar refractivity (Wildman–Crippen MR) is 116 cm³/mol. The van der Waals surface area contributed by atoms with Crippen LogP contribution in [0.4, 0.5) is 0 Å². The fourth-order valence-electron chi connectivity index (χ4n) is 3.89. The molecule has 0 saturated heterocycles. The largest absolute Gasteiger partial charge is 0.205 e. The van der Waals surface area contributed by atoms with Gasteiger partial charge in [-0.05, 0) is 25.3 Å². The first-order valence-corrected chi connectivity index (χ1v) is 11.8. The van der Waals surface area contributed by atoms with Gasteiger partial charge in [0.25, 0.3) is 0 Å². The van der Waals surface area contributed by atoms with Crippen LogP contribution in [0.2, 0.25) is 0 Å². The second-order valence-electron chi connectivity index (χ2n) is 8.18. The van der Waals surface area contributed by atoms with Gasteiger partial charge in [-0.2, -0.15) is 0 Å². The average Bonchev–Trinajstić information content (AvgIpc) is 2.63. The zero-order chi connectivity index (χ0) is 18.9. The Balaban J connectivity index is 2.10. The number of aryl methyl sites for hydroxylation is 3. The summed E-state index contributed by atoms with van der Waals surface area (Å²) in [5.41, 5.74) is 3.05. The summed E-state index contributed by atoms with van der Waals surface area (Å²) in [5.74, 6) is 0. The van der Waals surface area contributed by atoms with E-state index in [0.29, 0.717) is 0 Å². The second-order valence-corrected chi connectivity index (χ2v) is 8.18. The van der Waals surface area contributed by atoms with Crippen molar-refractivity contribution >= 4 is 0 Å². The van der Waals surface area contributed by atoms with Gasteiger partial charge < -0.3 is 0 Å². The molecule has 0 N–H and O–H groups in total. The van der Waals surface area contributed by atoms with Gasteiger partial charge in [-0.15, -0.1) is 0 Å². The van der Waals surface area contributed by atoms with Crippen LogP contribution in [0.25, 0.3) is 0 Å². The molecule has 1 heterocycles. The molecule has 0 radical (unpaired) electrons. The molecule has 1 aromatic rings. The first kappa shape index (κ1) is 23.2. The first-order chi connectivity index (χ1) is 12.8. The van der Waals surface area contributed by atoms with Gasteiger partial charge in [0.05, 0.1) is 0 Å². The van der Waals surface area contributed by atoms with E-state index in [-0.39, 0.29) is 0 Å². The Hall–Kier alpha value is -0.850. The van der Waals surface area contributed by atoms with Crippen molar-refractivity contribution in [2.45, 2.75) is 130 Å². The molecule has 26 heavy (non-hydrogen) atoms. The summed E-state index contributed by atoms with van der Waals surface area (Å²) in [7, 11) is 0. The quantitative estimate of drug-likeness (QED) is 0.199. The van der Waals surface area contributed by atoms with Crippen LogP contribution >= 0.6 is 0 Å². The normalized spacial score (nSPS) is 11.2. The molecule has 0 aliphatic heterocycles. The monoisotopic (exact) mass is 360 g/mol. The van der Waals surface area contributed by atoms with Crippen LogP contribution in [-0.2, 0) is 19.4 Å². The molecule has 0 spiro atoms. The maximum absolute atomic E-state index is 2.46. The van der Waals surface area contributed by atoms with Crippen molar-refractivity contribution in [2.75, 3.05) is 0 Å². The molecule has 0 unspecified atom stereocenters. The van der Waals surface area contributed by atoms with E-state index >= 15 is 0 Å². The van der Waals surface area contributed by atoms with Crippen molar-refractivity contribution in [3.05, 3.63) is 29.6 Å². The highest BCUT2D eigenvalue weighted by molar-refractivity contribution is 5.15. The van der Waals surface area contributed by atoms with Gasteiger partial charge >= 0.3 is 0 Å². The van der Waals surface area contributed by atoms with Gasteiger partial charge in [0, 0.05) is 17.5 Å². The lowest BCUT2D eigenvalue weighted by atomic mass is 10.0. The molecular formula is C25H46N+. The minimum atomic E-state index is 1.20. The number of hydrogen-bond donors (Lipinski definition) is 0. The number of unbranched alkanes of at least 4 members (excludes halogenated alkanes) is 11. The molecule has 0 aliphatic carbocycles. The SMILES string of the molecule is CCCCCCCCCCCCCC[n+]1cc(CCC)cc(CCC)c1. The van der Waals surface area contributed by atoms with Gasteiger partial charge in [-0.25, -0.2) is 4.57 Å². The van der Waals surface area contributed by atoms with Crippen molar-refractivity contribution in [1.82, 2.24) is 0 Å². The van der Waals surface area contributed by atoms with E-state index in [9.17, 15) is 0 Å². The van der Waals surface area contributed by atoms with Crippen molar-refractivity contribution < 1.29 is 4.57 Å². The fourth-order valence-corrected chi connectivity index (χ4v) is 3.89. The Kier molecular flexibility index (Phi) is 14.6. The third-order valence-corrected chi connectivity index (χ3v) is 5.38. The topological polar surface area (TPSA) is 3.88 Å². The lowest BCUT2D eigenvalue weighted by Gasteiger charge is -2.05. The van der Waals surface area contributed by atoms with E-state index in [0.717, 1.165) is 0 Å². The Bertz CT molecular complexity index is 414. The van der Waals surface area contributed by atoms with Crippen LogP contribution in [-0.4, -0.2) is 0 Å². The molecule has 0 aromatic carbocycles. The van der Waals surface area contributed by atoms with Crippen LogP contribution in [0.5, 0.6) is 0 Å². The lowest BCUT2D eigenvalue weighted by molar-refractivity contribution is -0.698. The summed E-state index contributed by atoms with van der Waals surface area (Å²) in [6, 6.07) is 2.42. The van der Waals surface area contributed by atoms with Gasteiger partial charge in [0.15, 0.2) is 12.4 Å². The molecule has 0 amide bonds. The van der Waals surface area contributed by atoms with Crippen molar-refractivity contribution in [3.8, 4) is 0 Å². The highest BCUT2D eigenvalue weighted by Crippen LogP contribution is 2.12. The third-order valence-electron chi connectivity index (χ3n) is 5.38. The van der Waals surface area contributed by atoms with Crippen molar-refractivity contribution in [1.29, 1.82) is 0 Å².